The number of nitrogen functional groups attached to an aromatic ring is 1. The van der Waals surface area contributed by atoms with Crippen molar-refractivity contribution in [3.05, 3.63) is 23.8 Å². The monoisotopic (exact) mass is 457 g/mol. The molecular formula is C20H32FN5O4S. The molecular weight excluding hydrogens is 425 g/mol. The second-order valence-corrected chi connectivity index (χ2v) is 10.9. The molecule has 1 aromatic rings. The average molecular weight is 458 g/mol. The molecule has 11 heteroatoms. The molecule has 2 saturated heterocycles. The second kappa shape index (κ2) is 9.25. The Hall–Kier alpha value is -1.98. The molecule has 2 aliphatic heterocycles. The molecule has 9 nitrogen and oxygen atoms in total. The van der Waals surface area contributed by atoms with Gasteiger partial charge in [0.15, 0.2) is 0 Å². The topological polar surface area (TPSA) is 109 Å². The molecule has 1 unspecified atom stereocenters. The lowest BCUT2D eigenvalue weighted by molar-refractivity contribution is 0.0122. The van der Waals surface area contributed by atoms with Crippen LogP contribution in [0.2, 0.25) is 0 Å². The van der Waals surface area contributed by atoms with Gasteiger partial charge in [-0.1, -0.05) is 0 Å². The molecule has 1 aromatic heterocycles. The largest absolute Gasteiger partial charge is 0.444 e. The predicted octanol–water partition coefficient (Wildman–Crippen LogP) is 2.00. The van der Waals surface area contributed by atoms with Gasteiger partial charge in [-0.2, -0.15) is 17.0 Å². The van der Waals surface area contributed by atoms with Gasteiger partial charge in [-0.15, -0.1) is 0 Å². The van der Waals surface area contributed by atoms with Crippen molar-refractivity contribution >= 4 is 22.0 Å². The van der Waals surface area contributed by atoms with Crippen molar-refractivity contribution in [3.63, 3.8) is 0 Å². The van der Waals surface area contributed by atoms with E-state index in [1.807, 2.05) is 0 Å². The Kier molecular flexibility index (Phi) is 7.07. The average Bonchev–Trinajstić information content (AvgIpc) is 3.22. The molecule has 3 heterocycles. The Morgan fingerprint density at radius 2 is 1.90 bits per heavy atom. The molecule has 0 bridgehead atoms. The first-order valence-corrected chi connectivity index (χ1v) is 12.0. The molecule has 2 N–H and O–H groups in total. The molecule has 3 rings (SSSR count). The van der Waals surface area contributed by atoms with E-state index >= 15 is 0 Å². The lowest BCUT2D eigenvalue weighted by Gasteiger charge is -2.42. The van der Waals surface area contributed by atoms with Crippen molar-refractivity contribution in [2.75, 3.05) is 38.5 Å². The fraction of sp³-hybridized carbons (Fsp3) is 0.700. The van der Waals surface area contributed by atoms with Gasteiger partial charge in [0.2, 0.25) is 0 Å². The minimum absolute atomic E-state index is 0.164. The third-order valence-corrected chi connectivity index (χ3v) is 7.63. The number of nitrogens with two attached hydrogens (primary N) is 1. The standard InChI is InChI=1S/C20H32FN5O4S/c1-20(2,3)30-19(27)24-10-11-26(31(28,29)25-8-4-5-9-25)15(14-24)6-7-16-17(21)12-23-13-18(16)22/h12-13,15H,4-11,14,22H2,1-3H3. The lowest BCUT2D eigenvalue weighted by atomic mass is 10.0. The highest BCUT2D eigenvalue weighted by molar-refractivity contribution is 7.86. The maximum absolute atomic E-state index is 14.2. The quantitative estimate of drug-likeness (QED) is 0.724. The van der Waals surface area contributed by atoms with E-state index in [2.05, 4.69) is 4.98 Å². The molecule has 1 atom stereocenters. The van der Waals surface area contributed by atoms with Gasteiger partial charge in [0, 0.05) is 44.3 Å². The Morgan fingerprint density at radius 1 is 1.23 bits per heavy atom. The number of pyridine rings is 1. The van der Waals surface area contributed by atoms with Crippen LogP contribution in [0.1, 0.15) is 45.6 Å². The van der Waals surface area contributed by atoms with E-state index in [0.29, 0.717) is 25.1 Å². The summed E-state index contributed by atoms with van der Waals surface area (Å²) in [6.07, 6.45) is 4.21. The van der Waals surface area contributed by atoms with E-state index in [4.69, 9.17) is 10.5 Å². The molecule has 0 radical (unpaired) electrons. The Balaban J connectivity index is 1.80. The normalized spacial score (nSPS) is 21.4. The van der Waals surface area contributed by atoms with Crippen molar-refractivity contribution < 1.29 is 22.3 Å². The van der Waals surface area contributed by atoms with Crippen LogP contribution >= 0.6 is 0 Å². The van der Waals surface area contributed by atoms with Gasteiger partial charge in [-0.05, 0) is 46.5 Å². The number of aromatic nitrogens is 1. The number of rotatable bonds is 5. The van der Waals surface area contributed by atoms with Gasteiger partial charge in [0.25, 0.3) is 10.2 Å². The first-order valence-electron chi connectivity index (χ1n) is 10.6. The summed E-state index contributed by atoms with van der Waals surface area (Å²) < 4.78 is 49.1. The second-order valence-electron chi connectivity index (χ2n) is 9.03. The van der Waals surface area contributed by atoms with Crippen LogP contribution in [0, 0.1) is 5.82 Å². The summed E-state index contributed by atoms with van der Waals surface area (Å²) in [6, 6.07) is -0.515. The smallest absolute Gasteiger partial charge is 0.410 e. The van der Waals surface area contributed by atoms with Crippen LogP contribution in [-0.2, 0) is 21.4 Å². The van der Waals surface area contributed by atoms with Crippen LogP contribution in [0.25, 0.3) is 0 Å². The molecule has 31 heavy (non-hydrogen) atoms. The van der Waals surface area contributed by atoms with E-state index in [-0.39, 0.29) is 31.7 Å². The maximum Gasteiger partial charge on any atom is 0.410 e. The SMILES string of the molecule is CC(C)(C)OC(=O)N1CCN(S(=O)(=O)N2CCCC2)C(CCc2c(N)cncc2F)C1. The molecule has 2 fully saturated rings. The number of halogens is 1. The summed E-state index contributed by atoms with van der Waals surface area (Å²) in [5, 5.41) is 0. The zero-order chi connectivity index (χ0) is 22.8. The highest BCUT2D eigenvalue weighted by Gasteiger charge is 2.41. The van der Waals surface area contributed by atoms with Crippen LogP contribution in [-0.4, -0.2) is 77.4 Å². The van der Waals surface area contributed by atoms with Crippen LogP contribution in [0.4, 0.5) is 14.9 Å². The van der Waals surface area contributed by atoms with Gasteiger partial charge in [0.05, 0.1) is 18.1 Å². The number of nitrogens with zero attached hydrogens (tertiary/aromatic N) is 4. The zero-order valence-corrected chi connectivity index (χ0v) is 19.2. The number of hydrogen-bond acceptors (Lipinski definition) is 6. The van der Waals surface area contributed by atoms with Crippen molar-refractivity contribution in [2.24, 2.45) is 0 Å². The number of hydrogen-bond donors (Lipinski definition) is 1. The number of carbonyl (C=O) groups is 1. The summed E-state index contributed by atoms with van der Waals surface area (Å²) >= 11 is 0. The van der Waals surface area contributed by atoms with E-state index in [0.717, 1.165) is 19.0 Å². The molecule has 0 saturated carbocycles. The zero-order valence-electron chi connectivity index (χ0n) is 18.4. The number of anilines is 1. The van der Waals surface area contributed by atoms with E-state index in [9.17, 15) is 17.6 Å². The fourth-order valence-electron chi connectivity index (χ4n) is 3.99. The molecule has 174 valence electrons. The summed E-state index contributed by atoms with van der Waals surface area (Å²) in [4.78, 5) is 17.8. The fourth-order valence-corrected chi connectivity index (χ4v) is 5.87. The maximum atomic E-state index is 14.2. The van der Waals surface area contributed by atoms with E-state index in [1.54, 1.807) is 20.8 Å². The van der Waals surface area contributed by atoms with Gasteiger partial charge in [0.1, 0.15) is 11.4 Å². The first kappa shape index (κ1) is 23.7. The minimum atomic E-state index is -3.67. The number of carbonyl (C=O) groups excluding carboxylic acids is 1. The summed E-state index contributed by atoms with van der Waals surface area (Å²) in [5.74, 6) is -0.520. The van der Waals surface area contributed by atoms with Crippen LogP contribution in [0.3, 0.4) is 0 Å². The molecule has 0 aliphatic carbocycles. The van der Waals surface area contributed by atoms with Crippen molar-refractivity contribution in [3.8, 4) is 0 Å². The Labute approximate surface area is 183 Å². The van der Waals surface area contributed by atoms with Crippen molar-refractivity contribution in [2.45, 2.75) is 58.1 Å². The van der Waals surface area contributed by atoms with Crippen LogP contribution in [0.5, 0.6) is 0 Å². The molecule has 0 spiro atoms. The lowest BCUT2D eigenvalue weighted by Crippen LogP contribution is -2.59. The molecule has 2 aliphatic rings. The highest BCUT2D eigenvalue weighted by atomic mass is 32.2. The Bertz CT molecular complexity index is 879. The third kappa shape index (κ3) is 5.64. The first-order chi connectivity index (χ1) is 14.5. The van der Waals surface area contributed by atoms with Crippen molar-refractivity contribution in [1.29, 1.82) is 0 Å². The van der Waals surface area contributed by atoms with Gasteiger partial charge >= 0.3 is 6.09 Å². The number of amides is 1. The molecule has 0 aromatic carbocycles. The summed E-state index contributed by atoms with van der Waals surface area (Å²) in [5.41, 5.74) is 5.76. The van der Waals surface area contributed by atoms with E-state index in [1.165, 1.54) is 19.7 Å². The molecule has 1 amide bonds. The Morgan fingerprint density at radius 3 is 2.52 bits per heavy atom. The van der Waals surface area contributed by atoms with Gasteiger partial charge < -0.3 is 15.4 Å². The van der Waals surface area contributed by atoms with Crippen LogP contribution < -0.4 is 5.73 Å². The minimum Gasteiger partial charge on any atom is -0.444 e. The number of ether oxygens (including phenoxy) is 1. The summed E-state index contributed by atoms with van der Waals surface area (Å²) in [6.45, 7) is 6.92. The highest BCUT2D eigenvalue weighted by Crippen LogP contribution is 2.26. The van der Waals surface area contributed by atoms with Gasteiger partial charge in [-0.3, -0.25) is 4.98 Å². The third-order valence-electron chi connectivity index (χ3n) is 5.53. The van der Waals surface area contributed by atoms with Crippen molar-refractivity contribution in [1.82, 2.24) is 18.5 Å². The van der Waals surface area contributed by atoms with Gasteiger partial charge in [-0.25, -0.2) is 9.18 Å². The van der Waals surface area contributed by atoms with E-state index < -0.39 is 33.8 Å². The summed E-state index contributed by atoms with van der Waals surface area (Å²) in [7, 11) is -3.67. The predicted molar refractivity (Wildman–Crippen MR) is 115 cm³/mol. The van der Waals surface area contributed by atoms with Crippen LogP contribution in [0.15, 0.2) is 12.4 Å². The number of piperazine rings is 1.